The molecule has 0 aromatic rings. The molecule has 1 aliphatic rings. The van der Waals surface area contributed by atoms with E-state index in [1.807, 2.05) is 0 Å². The van der Waals surface area contributed by atoms with Crippen molar-refractivity contribution in [3.8, 4) is 0 Å². The minimum atomic E-state index is 0.588. The van der Waals surface area contributed by atoms with Crippen molar-refractivity contribution in [2.24, 2.45) is 5.92 Å². The molecule has 1 saturated carbocycles. The Hall–Kier alpha value is -0.0800. The largest absolute Gasteiger partial charge is 0.385 e. The van der Waals surface area contributed by atoms with Crippen LogP contribution in [-0.4, -0.2) is 25.8 Å². The van der Waals surface area contributed by atoms with Gasteiger partial charge in [0.05, 0.1) is 0 Å². The van der Waals surface area contributed by atoms with Crippen LogP contribution < -0.4 is 5.32 Å². The van der Waals surface area contributed by atoms with Gasteiger partial charge in [0.2, 0.25) is 0 Å². The summed E-state index contributed by atoms with van der Waals surface area (Å²) >= 11 is 0. The van der Waals surface area contributed by atoms with Gasteiger partial charge in [-0.25, -0.2) is 0 Å². The lowest BCUT2D eigenvalue weighted by molar-refractivity contribution is 0.180. The molecule has 2 nitrogen and oxygen atoms in total. The van der Waals surface area contributed by atoms with Gasteiger partial charge in [-0.3, -0.25) is 0 Å². The zero-order valence-electron chi connectivity index (χ0n) is 9.88. The summed E-state index contributed by atoms with van der Waals surface area (Å²) in [6.45, 7) is 5.45. The third-order valence-electron chi connectivity index (χ3n) is 3.41. The zero-order chi connectivity index (χ0) is 10.4. The number of methoxy groups -OCH3 is 1. The standard InChI is InChI=1S/C12H25NO/c1-10(8-9-14-3)13-11(2)12-6-4-5-7-12/h10-13H,4-9H2,1-3H3/t10?,11-/m1/s1. The summed E-state index contributed by atoms with van der Waals surface area (Å²) in [7, 11) is 1.77. The van der Waals surface area contributed by atoms with Gasteiger partial charge in [0.1, 0.15) is 0 Å². The van der Waals surface area contributed by atoms with Crippen molar-refractivity contribution < 1.29 is 4.74 Å². The number of hydrogen-bond acceptors (Lipinski definition) is 2. The minimum Gasteiger partial charge on any atom is -0.385 e. The summed E-state index contributed by atoms with van der Waals surface area (Å²) in [6, 6.07) is 1.27. The number of rotatable bonds is 6. The van der Waals surface area contributed by atoms with Gasteiger partial charge in [0, 0.05) is 25.8 Å². The molecule has 0 amide bonds. The van der Waals surface area contributed by atoms with Gasteiger partial charge >= 0.3 is 0 Å². The van der Waals surface area contributed by atoms with Crippen molar-refractivity contribution in [2.45, 2.75) is 58.0 Å². The molecule has 2 atom stereocenters. The Kier molecular flexibility index (Phi) is 5.49. The van der Waals surface area contributed by atoms with Gasteiger partial charge in [-0.05, 0) is 39.0 Å². The SMILES string of the molecule is COCCC(C)N[C@H](C)C1CCCC1. The predicted octanol–water partition coefficient (Wildman–Crippen LogP) is 2.58. The molecule has 1 rings (SSSR count). The topological polar surface area (TPSA) is 21.3 Å². The van der Waals surface area contributed by atoms with Crippen molar-refractivity contribution >= 4 is 0 Å². The molecular formula is C12H25NO. The second kappa shape index (κ2) is 6.41. The predicted molar refractivity (Wildman–Crippen MR) is 60.5 cm³/mol. The quantitative estimate of drug-likeness (QED) is 0.710. The molecule has 0 aromatic carbocycles. The monoisotopic (exact) mass is 199 g/mol. The van der Waals surface area contributed by atoms with Crippen LogP contribution in [0.15, 0.2) is 0 Å². The normalized spacial score (nSPS) is 22.5. The maximum absolute atomic E-state index is 5.08. The fourth-order valence-corrected chi connectivity index (χ4v) is 2.42. The Balaban J connectivity index is 2.14. The molecule has 14 heavy (non-hydrogen) atoms. The van der Waals surface area contributed by atoms with Crippen LogP contribution in [0.25, 0.3) is 0 Å². The fraction of sp³-hybridized carbons (Fsp3) is 1.00. The van der Waals surface area contributed by atoms with Crippen LogP contribution in [0.5, 0.6) is 0 Å². The van der Waals surface area contributed by atoms with Crippen LogP contribution >= 0.6 is 0 Å². The van der Waals surface area contributed by atoms with Gasteiger partial charge in [-0.2, -0.15) is 0 Å². The maximum Gasteiger partial charge on any atom is 0.0476 e. The molecule has 0 spiro atoms. The molecule has 1 unspecified atom stereocenters. The molecule has 1 aliphatic carbocycles. The number of nitrogens with one attached hydrogen (secondary N) is 1. The van der Waals surface area contributed by atoms with Gasteiger partial charge in [0.15, 0.2) is 0 Å². The minimum absolute atomic E-state index is 0.588. The Morgan fingerprint density at radius 3 is 2.50 bits per heavy atom. The molecule has 0 radical (unpaired) electrons. The first-order valence-corrected chi connectivity index (χ1v) is 5.99. The molecule has 1 fully saturated rings. The second-order valence-corrected chi connectivity index (χ2v) is 4.68. The Bertz CT molecular complexity index is 143. The highest BCUT2D eigenvalue weighted by atomic mass is 16.5. The lowest BCUT2D eigenvalue weighted by Gasteiger charge is -2.24. The van der Waals surface area contributed by atoms with E-state index in [1.54, 1.807) is 7.11 Å². The first kappa shape index (κ1) is 12.0. The molecule has 0 aliphatic heterocycles. The zero-order valence-corrected chi connectivity index (χ0v) is 9.88. The molecule has 0 bridgehead atoms. The van der Waals surface area contributed by atoms with Crippen LogP contribution in [-0.2, 0) is 4.74 Å². The highest BCUT2D eigenvalue weighted by molar-refractivity contribution is 4.79. The number of hydrogen-bond donors (Lipinski definition) is 1. The van der Waals surface area contributed by atoms with E-state index in [4.69, 9.17) is 4.74 Å². The lowest BCUT2D eigenvalue weighted by Crippen LogP contribution is -2.39. The molecule has 0 heterocycles. The third-order valence-corrected chi connectivity index (χ3v) is 3.41. The first-order chi connectivity index (χ1) is 6.74. The highest BCUT2D eigenvalue weighted by Crippen LogP contribution is 2.27. The molecule has 2 heteroatoms. The van der Waals surface area contributed by atoms with E-state index >= 15 is 0 Å². The van der Waals surface area contributed by atoms with E-state index in [1.165, 1.54) is 25.7 Å². The smallest absolute Gasteiger partial charge is 0.0476 e. The average molecular weight is 199 g/mol. The van der Waals surface area contributed by atoms with E-state index in [9.17, 15) is 0 Å². The van der Waals surface area contributed by atoms with Gasteiger partial charge in [-0.15, -0.1) is 0 Å². The first-order valence-electron chi connectivity index (χ1n) is 5.99. The van der Waals surface area contributed by atoms with Crippen LogP contribution in [0.4, 0.5) is 0 Å². The van der Waals surface area contributed by atoms with Crippen LogP contribution in [0.3, 0.4) is 0 Å². The van der Waals surface area contributed by atoms with Gasteiger partial charge < -0.3 is 10.1 Å². The summed E-state index contributed by atoms with van der Waals surface area (Å²) < 4.78 is 5.08. The molecule has 84 valence electrons. The number of ether oxygens (including phenoxy) is 1. The maximum atomic E-state index is 5.08. The summed E-state index contributed by atoms with van der Waals surface area (Å²) in [4.78, 5) is 0. The third kappa shape index (κ3) is 3.97. The van der Waals surface area contributed by atoms with Crippen LogP contribution in [0, 0.1) is 5.92 Å². The lowest BCUT2D eigenvalue weighted by atomic mass is 9.99. The Morgan fingerprint density at radius 2 is 1.93 bits per heavy atom. The van der Waals surface area contributed by atoms with E-state index in [2.05, 4.69) is 19.2 Å². The van der Waals surface area contributed by atoms with Crippen molar-refractivity contribution in [3.05, 3.63) is 0 Å². The Labute approximate surface area is 88.4 Å². The summed E-state index contributed by atoms with van der Waals surface area (Å²) in [6.07, 6.45) is 6.83. The summed E-state index contributed by atoms with van der Waals surface area (Å²) in [5, 5.41) is 3.68. The molecular weight excluding hydrogens is 174 g/mol. The Morgan fingerprint density at radius 1 is 1.29 bits per heavy atom. The summed E-state index contributed by atoms with van der Waals surface area (Å²) in [5.74, 6) is 0.917. The summed E-state index contributed by atoms with van der Waals surface area (Å²) in [5.41, 5.74) is 0. The van der Waals surface area contributed by atoms with Crippen molar-refractivity contribution in [1.82, 2.24) is 5.32 Å². The molecule has 0 saturated heterocycles. The van der Waals surface area contributed by atoms with Crippen molar-refractivity contribution in [2.75, 3.05) is 13.7 Å². The van der Waals surface area contributed by atoms with Gasteiger partial charge in [-0.1, -0.05) is 12.8 Å². The molecule has 1 N–H and O–H groups in total. The van der Waals surface area contributed by atoms with Crippen molar-refractivity contribution in [1.29, 1.82) is 0 Å². The van der Waals surface area contributed by atoms with Crippen LogP contribution in [0.2, 0.25) is 0 Å². The van der Waals surface area contributed by atoms with E-state index < -0.39 is 0 Å². The van der Waals surface area contributed by atoms with E-state index in [0.717, 1.165) is 18.9 Å². The van der Waals surface area contributed by atoms with Gasteiger partial charge in [0.25, 0.3) is 0 Å². The highest BCUT2D eigenvalue weighted by Gasteiger charge is 2.22. The van der Waals surface area contributed by atoms with E-state index in [-0.39, 0.29) is 0 Å². The molecule has 0 aromatic heterocycles. The van der Waals surface area contributed by atoms with Crippen LogP contribution in [0.1, 0.15) is 46.0 Å². The average Bonchev–Trinajstić information content (AvgIpc) is 2.67. The van der Waals surface area contributed by atoms with Crippen molar-refractivity contribution in [3.63, 3.8) is 0 Å². The van der Waals surface area contributed by atoms with E-state index in [0.29, 0.717) is 12.1 Å². The fourth-order valence-electron chi connectivity index (χ4n) is 2.42. The second-order valence-electron chi connectivity index (χ2n) is 4.68.